The monoisotopic (exact) mass is 217 g/mol. The number of aromatic nitrogens is 2. The number of nitrogens with zero attached hydrogens (tertiary/aromatic N) is 2. The van der Waals surface area contributed by atoms with E-state index in [4.69, 9.17) is 0 Å². The zero-order valence-corrected chi connectivity index (χ0v) is 9.16. The van der Waals surface area contributed by atoms with E-state index in [1.165, 1.54) is 6.07 Å². The van der Waals surface area contributed by atoms with Gasteiger partial charge in [0, 0.05) is 18.8 Å². The molecule has 16 heavy (non-hydrogen) atoms. The van der Waals surface area contributed by atoms with Crippen molar-refractivity contribution in [3.63, 3.8) is 0 Å². The van der Waals surface area contributed by atoms with Gasteiger partial charge in [0.15, 0.2) is 0 Å². The SMILES string of the molecule is CNc1ncc(C)c(-c2ccccc2F)n1. The highest BCUT2D eigenvalue weighted by Gasteiger charge is 2.09. The second-order valence-electron chi connectivity index (χ2n) is 3.46. The Bertz CT molecular complexity index is 511. The van der Waals surface area contributed by atoms with Gasteiger partial charge in [-0.25, -0.2) is 14.4 Å². The van der Waals surface area contributed by atoms with Gasteiger partial charge in [0.2, 0.25) is 5.95 Å². The summed E-state index contributed by atoms with van der Waals surface area (Å²) in [6.45, 7) is 1.86. The minimum absolute atomic E-state index is 0.272. The van der Waals surface area contributed by atoms with Crippen LogP contribution >= 0.6 is 0 Å². The largest absolute Gasteiger partial charge is 0.357 e. The average Bonchev–Trinajstić information content (AvgIpc) is 2.31. The topological polar surface area (TPSA) is 37.8 Å². The molecule has 0 aliphatic heterocycles. The molecule has 0 saturated heterocycles. The third-order valence-corrected chi connectivity index (χ3v) is 2.32. The van der Waals surface area contributed by atoms with Crippen molar-refractivity contribution in [2.45, 2.75) is 6.92 Å². The lowest BCUT2D eigenvalue weighted by Gasteiger charge is -2.07. The Labute approximate surface area is 93.4 Å². The van der Waals surface area contributed by atoms with Gasteiger partial charge in [-0.2, -0.15) is 0 Å². The molecule has 0 saturated carbocycles. The van der Waals surface area contributed by atoms with Crippen LogP contribution in [0.5, 0.6) is 0 Å². The normalized spacial score (nSPS) is 10.2. The van der Waals surface area contributed by atoms with Crippen molar-refractivity contribution in [3.8, 4) is 11.3 Å². The smallest absolute Gasteiger partial charge is 0.222 e. The molecule has 1 N–H and O–H groups in total. The van der Waals surface area contributed by atoms with Gasteiger partial charge < -0.3 is 5.32 Å². The summed E-state index contributed by atoms with van der Waals surface area (Å²) in [6, 6.07) is 6.59. The van der Waals surface area contributed by atoms with Crippen LogP contribution in [0.1, 0.15) is 5.56 Å². The first-order chi connectivity index (χ1) is 7.72. The van der Waals surface area contributed by atoms with Crippen LogP contribution in [0.25, 0.3) is 11.3 Å². The number of aryl methyl sites for hydroxylation is 1. The number of hydrogen-bond donors (Lipinski definition) is 1. The Morgan fingerprint density at radius 1 is 1.25 bits per heavy atom. The fourth-order valence-electron chi connectivity index (χ4n) is 1.49. The van der Waals surface area contributed by atoms with Crippen LogP contribution in [0.15, 0.2) is 30.5 Å². The van der Waals surface area contributed by atoms with Crippen molar-refractivity contribution in [3.05, 3.63) is 41.8 Å². The molecule has 0 spiro atoms. The van der Waals surface area contributed by atoms with Crippen LogP contribution in [-0.2, 0) is 0 Å². The fourth-order valence-corrected chi connectivity index (χ4v) is 1.49. The molecule has 0 aliphatic rings. The van der Waals surface area contributed by atoms with E-state index in [0.717, 1.165) is 5.56 Å². The lowest BCUT2D eigenvalue weighted by molar-refractivity contribution is 0.630. The van der Waals surface area contributed by atoms with Crippen molar-refractivity contribution < 1.29 is 4.39 Å². The van der Waals surface area contributed by atoms with Crippen LogP contribution in [0.3, 0.4) is 0 Å². The van der Waals surface area contributed by atoms with Gasteiger partial charge in [0.05, 0.1) is 5.69 Å². The lowest BCUT2D eigenvalue weighted by atomic mass is 10.1. The third-order valence-electron chi connectivity index (χ3n) is 2.32. The Morgan fingerprint density at radius 2 is 2.00 bits per heavy atom. The lowest BCUT2D eigenvalue weighted by Crippen LogP contribution is -2.00. The first kappa shape index (κ1) is 10.5. The van der Waals surface area contributed by atoms with E-state index in [1.54, 1.807) is 31.4 Å². The molecular formula is C12H12FN3. The molecule has 0 atom stereocenters. The maximum absolute atomic E-state index is 13.6. The third kappa shape index (κ3) is 1.86. The van der Waals surface area contributed by atoms with Crippen molar-refractivity contribution in [1.29, 1.82) is 0 Å². The van der Waals surface area contributed by atoms with E-state index < -0.39 is 0 Å². The van der Waals surface area contributed by atoms with E-state index in [1.807, 2.05) is 6.92 Å². The van der Waals surface area contributed by atoms with Gasteiger partial charge in [0.25, 0.3) is 0 Å². The molecule has 1 heterocycles. The zero-order chi connectivity index (χ0) is 11.5. The molecule has 3 nitrogen and oxygen atoms in total. The number of nitrogens with one attached hydrogen (secondary N) is 1. The van der Waals surface area contributed by atoms with E-state index >= 15 is 0 Å². The van der Waals surface area contributed by atoms with Gasteiger partial charge in [-0.15, -0.1) is 0 Å². The van der Waals surface area contributed by atoms with Gasteiger partial charge in [0.1, 0.15) is 5.82 Å². The van der Waals surface area contributed by atoms with Crippen molar-refractivity contribution >= 4 is 5.95 Å². The minimum Gasteiger partial charge on any atom is -0.357 e. The molecule has 82 valence electrons. The zero-order valence-electron chi connectivity index (χ0n) is 9.16. The summed E-state index contributed by atoms with van der Waals surface area (Å²) in [5.74, 6) is 0.218. The number of benzene rings is 1. The Kier molecular flexibility index (Phi) is 2.81. The predicted octanol–water partition coefficient (Wildman–Crippen LogP) is 2.63. The molecule has 0 amide bonds. The Morgan fingerprint density at radius 3 is 2.69 bits per heavy atom. The predicted molar refractivity (Wildman–Crippen MR) is 61.7 cm³/mol. The molecule has 0 bridgehead atoms. The number of hydrogen-bond acceptors (Lipinski definition) is 3. The van der Waals surface area contributed by atoms with Crippen LogP contribution in [0.4, 0.5) is 10.3 Å². The van der Waals surface area contributed by atoms with Crippen molar-refractivity contribution in [2.75, 3.05) is 12.4 Å². The van der Waals surface area contributed by atoms with Crippen LogP contribution in [-0.4, -0.2) is 17.0 Å². The van der Waals surface area contributed by atoms with E-state index in [0.29, 0.717) is 17.2 Å². The Balaban J connectivity index is 2.59. The van der Waals surface area contributed by atoms with E-state index in [2.05, 4.69) is 15.3 Å². The van der Waals surface area contributed by atoms with E-state index in [-0.39, 0.29) is 5.82 Å². The molecule has 0 fully saturated rings. The molecule has 2 aromatic rings. The molecule has 0 unspecified atom stereocenters. The van der Waals surface area contributed by atoms with Crippen LogP contribution in [0, 0.1) is 12.7 Å². The van der Waals surface area contributed by atoms with Crippen molar-refractivity contribution in [1.82, 2.24) is 9.97 Å². The molecule has 2 rings (SSSR count). The van der Waals surface area contributed by atoms with Crippen LogP contribution < -0.4 is 5.32 Å². The number of rotatable bonds is 2. The molecule has 4 heteroatoms. The maximum atomic E-state index is 13.6. The fraction of sp³-hybridized carbons (Fsp3) is 0.167. The van der Waals surface area contributed by atoms with Gasteiger partial charge >= 0.3 is 0 Å². The summed E-state index contributed by atoms with van der Waals surface area (Å²) in [7, 11) is 1.73. The highest BCUT2D eigenvalue weighted by atomic mass is 19.1. The summed E-state index contributed by atoms with van der Waals surface area (Å²) in [6.07, 6.45) is 1.68. The van der Waals surface area contributed by atoms with Gasteiger partial charge in [-0.3, -0.25) is 0 Å². The highest BCUT2D eigenvalue weighted by molar-refractivity contribution is 5.64. The number of halogens is 1. The maximum Gasteiger partial charge on any atom is 0.222 e. The summed E-state index contributed by atoms with van der Waals surface area (Å²) in [5.41, 5.74) is 1.97. The summed E-state index contributed by atoms with van der Waals surface area (Å²) >= 11 is 0. The standard InChI is InChI=1S/C12H12FN3/c1-8-7-15-12(14-2)16-11(8)9-5-3-4-6-10(9)13/h3-7H,1-2H3,(H,14,15,16). The minimum atomic E-state index is -0.272. The number of anilines is 1. The summed E-state index contributed by atoms with van der Waals surface area (Å²) < 4.78 is 13.6. The van der Waals surface area contributed by atoms with Crippen molar-refractivity contribution in [2.24, 2.45) is 0 Å². The summed E-state index contributed by atoms with van der Waals surface area (Å²) in [4.78, 5) is 8.33. The van der Waals surface area contributed by atoms with Crippen LogP contribution in [0.2, 0.25) is 0 Å². The highest BCUT2D eigenvalue weighted by Crippen LogP contribution is 2.24. The van der Waals surface area contributed by atoms with E-state index in [9.17, 15) is 4.39 Å². The quantitative estimate of drug-likeness (QED) is 0.840. The first-order valence-electron chi connectivity index (χ1n) is 4.98. The summed E-state index contributed by atoms with van der Waals surface area (Å²) in [5, 5.41) is 2.84. The second kappa shape index (κ2) is 4.26. The molecule has 0 aliphatic carbocycles. The first-order valence-corrected chi connectivity index (χ1v) is 4.98. The molecule has 1 aromatic carbocycles. The van der Waals surface area contributed by atoms with Gasteiger partial charge in [-0.1, -0.05) is 12.1 Å². The molecule has 0 radical (unpaired) electrons. The molecule has 1 aromatic heterocycles. The Hall–Kier alpha value is -1.97. The molecular weight excluding hydrogens is 205 g/mol. The second-order valence-corrected chi connectivity index (χ2v) is 3.46. The average molecular weight is 217 g/mol. The van der Waals surface area contributed by atoms with Gasteiger partial charge in [-0.05, 0) is 24.6 Å².